The predicted octanol–water partition coefficient (Wildman–Crippen LogP) is 0.804. The van der Waals surface area contributed by atoms with Gasteiger partial charge in [0.1, 0.15) is 24.1 Å². The summed E-state index contributed by atoms with van der Waals surface area (Å²) < 4.78 is 31.9. The SMILES string of the molecule is C/C1=C2/N[C@H]([C@H](CC(N)=O)[C@@]2(C)CCC(=O)NC[C@@H](C)OP(=O)(O)O[C@H]2[C@@H](O)[C@@H](n3cnc4cc(O)ccc43)O[C@@H]2CO)[C@]2(C)NC(/C(C)=C3\NC(/C=C4\NC1[C@@H](CCC(N)=O)C4(C)C)[C@@H](CCC(N)=O)[C@]3(C)CC(N)=O)[C@@H](CCC(N)=O)[C@]2(C)CC(N)=O. The highest BCUT2D eigenvalue weighted by atomic mass is 31.2. The number of phenols is 1. The maximum absolute atomic E-state index is 14.4. The number of fused-ring (bicyclic) bond motifs is 10. The second kappa shape index (κ2) is 25.6. The molecule has 89 heavy (non-hydrogen) atoms. The molecule has 8 bridgehead atoms. The van der Waals surface area contributed by atoms with E-state index in [0.29, 0.717) is 34.4 Å². The molecule has 18 atom stereocenters. The number of primary amides is 6. The standard InChI is InChI=1S/C60H92N13O15P/c1-28(87-89(84,85)88-51-39(26-74)86-55(50(51)83)73-27-68-37-20-31(75)10-14-38(37)73)25-67-47(82)18-19-57(6)35(21-44(64)79)54-60(9)59(8,24-46(66)81)34(13-17-43(63)78)49(72-60)30(3)53-58(7,23-45(65)80)32(11-15-41(61)76)36(69-53)22-40-56(4,5)33(12-16-42(62)77)48(70-40)29(2)52(57)71-54/h10,14,20,22,27-28,32-36,39,48-51,54-55,69-72,74-75,83H,11-13,15-19,21,23-26H2,1-9H3,(H2,61,76)(H2,62,77)(H2,63,78)(H2,64,79)(H2,65,80)(H2,66,81)(H,67,82)(H,84,85)/b40-22-,52-29-,53-30-/t28-,32-,33-,34-,35+,36?,39-,48?,49?,50-,51-,54-,55+,57-,58+,59+,60+/m1/s1. The molecule has 7 amide bonds. The molecule has 5 saturated heterocycles. The quantitative estimate of drug-likeness (QED) is 0.0579. The Morgan fingerprint density at radius 3 is 1.97 bits per heavy atom. The maximum Gasteiger partial charge on any atom is 0.472 e. The molecule has 5 fully saturated rings. The monoisotopic (exact) mass is 1270 g/mol. The summed E-state index contributed by atoms with van der Waals surface area (Å²) in [4.78, 5) is 109. The van der Waals surface area contributed by atoms with Crippen molar-refractivity contribution in [2.45, 2.75) is 193 Å². The van der Waals surface area contributed by atoms with Gasteiger partial charge in [-0.3, -0.25) is 42.6 Å². The first-order valence-electron chi connectivity index (χ1n) is 30.4. The summed E-state index contributed by atoms with van der Waals surface area (Å²) in [6.07, 6.45) is -3.61. The Bertz CT molecular complexity index is 3280. The van der Waals surface area contributed by atoms with Crippen molar-refractivity contribution in [3.63, 3.8) is 0 Å². The number of imidazole rings is 1. The lowest BCUT2D eigenvalue weighted by molar-refractivity contribution is -0.124. The van der Waals surface area contributed by atoms with Gasteiger partial charge in [0.2, 0.25) is 41.4 Å². The van der Waals surface area contributed by atoms with Crippen molar-refractivity contribution in [1.82, 2.24) is 36.1 Å². The molecular weight excluding hydrogens is 1170 g/mol. The summed E-state index contributed by atoms with van der Waals surface area (Å²) in [5.41, 5.74) is 35.3. The van der Waals surface area contributed by atoms with Gasteiger partial charge in [-0.05, 0) is 100 Å². The Kier molecular flexibility index (Phi) is 19.6. The number of hydrogen-bond acceptors (Lipinski definition) is 19. The number of aromatic hydroxyl groups is 1. The van der Waals surface area contributed by atoms with Crippen LogP contribution in [0, 0.1) is 45.3 Å². The van der Waals surface area contributed by atoms with Gasteiger partial charge < -0.3 is 90.5 Å². The summed E-state index contributed by atoms with van der Waals surface area (Å²) in [7, 11) is -5.08. The first kappa shape index (κ1) is 68.3. The third-order valence-corrected chi connectivity index (χ3v) is 22.2. The number of nitrogens with zero attached hydrogens (tertiary/aromatic N) is 2. The van der Waals surface area contributed by atoms with E-state index in [2.05, 4.69) is 51.5 Å². The fourth-order valence-electron chi connectivity index (χ4n) is 16.4. The van der Waals surface area contributed by atoms with Crippen LogP contribution in [0.15, 0.2) is 58.8 Å². The summed E-state index contributed by atoms with van der Waals surface area (Å²) in [6.45, 7) is 16.1. The molecule has 0 saturated carbocycles. The molecular formula is C60H92N13O15P. The molecule has 1 aromatic carbocycles. The number of aliphatic hydroxyl groups excluding tert-OH is 2. The van der Waals surface area contributed by atoms with Crippen molar-refractivity contribution in [1.29, 1.82) is 0 Å². The van der Waals surface area contributed by atoms with E-state index >= 15 is 0 Å². The number of amides is 7. The molecule has 28 nitrogen and oxygen atoms in total. The van der Waals surface area contributed by atoms with Crippen LogP contribution >= 0.6 is 7.82 Å². The Labute approximate surface area is 517 Å². The van der Waals surface area contributed by atoms with Gasteiger partial charge in [0.15, 0.2) is 6.23 Å². The van der Waals surface area contributed by atoms with E-state index in [9.17, 15) is 58.3 Å². The van der Waals surface area contributed by atoms with Crippen molar-refractivity contribution < 1.29 is 72.1 Å². The Morgan fingerprint density at radius 1 is 0.775 bits per heavy atom. The van der Waals surface area contributed by atoms with Crippen molar-refractivity contribution in [2.75, 3.05) is 13.2 Å². The lowest BCUT2D eigenvalue weighted by Crippen LogP contribution is -2.64. The number of rotatable bonds is 26. The van der Waals surface area contributed by atoms with Crippen LogP contribution in [0.5, 0.6) is 5.75 Å². The molecule has 0 aliphatic carbocycles. The molecule has 0 radical (unpaired) electrons. The zero-order valence-corrected chi connectivity index (χ0v) is 53.1. The third-order valence-electron chi connectivity index (χ3n) is 21.1. The van der Waals surface area contributed by atoms with Crippen LogP contribution in [-0.4, -0.2) is 138 Å². The number of aromatic nitrogens is 2. The zero-order chi connectivity index (χ0) is 65.8. The molecule has 2 aromatic rings. The molecule has 7 heterocycles. The highest BCUT2D eigenvalue weighted by Gasteiger charge is 2.68. The lowest BCUT2D eigenvalue weighted by atomic mass is 9.56. The number of phosphoric acid groups is 1. The van der Waals surface area contributed by atoms with Gasteiger partial charge in [0.25, 0.3) is 0 Å². The smallest absolute Gasteiger partial charge is 0.472 e. The highest BCUT2D eigenvalue weighted by Crippen LogP contribution is 2.62. The van der Waals surface area contributed by atoms with Crippen LogP contribution < -0.4 is 61.0 Å². The summed E-state index contributed by atoms with van der Waals surface area (Å²) in [6, 6.07) is 1.74. The number of nitrogens with one attached hydrogen (secondary N) is 5. The fourth-order valence-corrected chi connectivity index (χ4v) is 17.5. The molecule has 29 heteroatoms. The number of hydrogen-bond donors (Lipinski definition) is 15. The largest absolute Gasteiger partial charge is 0.508 e. The van der Waals surface area contributed by atoms with Gasteiger partial charge in [-0.2, -0.15) is 0 Å². The summed E-state index contributed by atoms with van der Waals surface area (Å²) in [5.74, 6) is -6.32. The van der Waals surface area contributed by atoms with Gasteiger partial charge >= 0.3 is 7.82 Å². The number of phosphoric ester groups is 1. The van der Waals surface area contributed by atoms with E-state index in [4.69, 9.17) is 48.2 Å². The van der Waals surface area contributed by atoms with E-state index in [0.717, 1.165) is 11.3 Å². The van der Waals surface area contributed by atoms with Crippen LogP contribution in [0.25, 0.3) is 11.0 Å². The average Bonchev–Trinajstić information content (AvgIpc) is 1.54. The second-order valence-corrected chi connectivity index (χ2v) is 28.5. The molecule has 0 spiro atoms. The van der Waals surface area contributed by atoms with E-state index in [1.54, 1.807) is 0 Å². The molecule has 6 aliphatic heterocycles. The Balaban J connectivity index is 1.18. The Hall–Kier alpha value is -6.65. The Morgan fingerprint density at radius 2 is 1.37 bits per heavy atom. The number of aliphatic hydroxyl groups is 2. The topological polar surface area (TPSA) is 479 Å². The van der Waals surface area contributed by atoms with E-state index in [1.807, 2.05) is 41.5 Å². The predicted molar refractivity (Wildman–Crippen MR) is 324 cm³/mol. The number of carbonyl (C=O) groups is 7. The average molecular weight is 1270 g/mol. The van der Waals surface area contributed by atoms with Crippen LogP contribution in [0.4, 0.5) is 0 Å². The summed E-state index contributed by atoms with van der Waals surface area (Å²) >= 11 is 0. The summed E-state index contributed by atoms with van der Waals surface area (Å²) in [5, 5.41) is 49.9. The van der Waals surface area contributed by atoms with Gasteiger partial charge in [-0.15, -0.1) is 0 Å². The normalized spacial score (nSPS) is 37.0. The molecule has 21 N–H and O–H groups in total. The lowest BCUT2D eigenvalue weighted by Gasteiger charge is -2.49. The van der Waals surface area contributed by atoms with Crippen molar-refractivity contribution in [3.05, 3.63) is 58.8 Å². The minimum atomic E-state index is -5.08. The minimum Gasteiger partial charge on any atom is -0.508 e. The number of ether oxygens (including phenoxy) is 1. The van der Waals surface area contributed by atoms with Crippen molar-refractivity contribution >= 4 is 60.2 Å². The molecule has 4 unspecified atom stereocenters. The number of carbonyl (C=O) groups excluding carboxylic acids is 7. The number of phenolic OH excluding ortho intramolecular Hbond substituents is 1. The number of benzene rings is 1. The van der Waals surface area contributed by atoms with Crippen LogP contribution in [0.3, 0.4) is 0 Å². The minimum absolute atomic E-state index is 0.0189. The van der Waals surface area contributed by atoms with Crippen LogP contribution in [0.2, 0.25) is 0 Å². The number of nitrogens with two attached hydrogens (primary N) is 6. The molecule has 8 rings (SSSR count). The van der Waals surface area contributed by atoms with E-state index in [1.165, 1.54) is 36.0 Å². The van der Waals surface area contributed by atoms with E-state index < -0.39 is 156 Å². The fraction of sp³-hybridized carbons (Fsp3) is 0.667. The molecule has 492 valence electrons. The number of allylic oxidation sites excluding steroid dienone is 3. The van der Waals surface area contributed by atoms with Gasteiger partial charge in [-0.1, -0.05) is 34.6 Å². The van der Waals surface area contributed by atoms with Crippen molar-refractivity contribution in [3.8, 4) is 5.75 Å². The van der Waals surface area contributed by atoms with Crippen LogP contribution in [-0.2, 0) is 51.9 Å². The van der Waals surface area contributed by atoms with E-state index in [-0.39, 0.29) is 82.4 Å². The van der Waals surface area contributed by atoms with Gasteiger partial charge in [0, 0.05) is 126 Å². The van der Waals surface area contributed by atoms with Crippen molar-refractivity contribution in [2.24, 2.45) is 79.7 Å². The van der Waals surface area contributed by atoms with Gasteiger partial charge in [0.05, 0.1) is 36.1 Å². The maximum atomic E-state index is 14.4. The second-order valence-electron chi connectivity index (χ2n) is 27.1. The first-order valence-corrected chi connectivity index (χ1v) is 31.9. The molecule has 1 aromatic heterocycles. The highest BCUT2D eigenvalue weighted by molar-refractivity contribution is 7.47. The third kappa shape index (κ3) is 13.2. The molecule has 6 aliphatic rings. The first-order chi connectivity index (χ1) is 41.4. The van der Waals surface area contributed by atoms with Crippen LogP contribution in [0.1, 0.15) is 139 Å². The van der Waals surface area contributed by atoms with Gasteiger partial charge in [-0.25, -0.2) is 9.55 Å². The zero-order valence-electron chi connectivity index (χ0n) is 52.2.